The van der Waals surface area contributed by atoms with Crippen LogP contribution in [0.1, 0.15) is 16.7 Å². The van der Waals surface area contributed by atoms with Gasteiger partial charge in [-0.15, -0.1) is 0 Å². The van der Waals surface area contributed by atoms with E-state index in [9.17, 15) is 4.79 Å². The highest BCUT2D eigenvalue weighted by Gasteiger charge is 2.12. The number of halogens is 2. The highest BCUT2D eigenvalue weighted by Crippen LogP contribution is 2.25. The van der Waals surface area contributed by atoms with Gasteiger partial charge in [0.15, 0.2) is 0 Å². The summed E-state index contributed by atoms with van der Waals surface area (Å²) in [4.78, 5) is 12.1. The molecule has 0 atom stereocenters. The molecule has 2 nitrogen and oxygen atoms in total. The Morgan fingerprint density at radius 1 is 1.05 bits per heavy atom. The zero-order valence-electron chi connectivity index (χ0n) is 11.3. The molecule has 0 unspecified atom stereocenters. The molecule has 1 amide bonds. The summed E-state index contributed by atoms with van der Waals surface area (Å²) in [7, 11) is 0. The lowest BCUT2D eigenvalue weighted by atomic mass is 10.1. The lowest BCUT2D eigenvalue weighted by Crippen LogP contribution is -2.15. The van der Waals surface area contributed by atoms with E-state index in [0.29, 0.717) is 15.6 Å². The number of anilines is 1. The average Bonchev–Trinajstić information content (AvgIpc) is 2.39. The Labute approximate surface area is 128 Å². The lowest BCUT2D eigenvalue weighted by Gasteiger charge is -2.11. The van der Waals surface area contributed by atoms with Crippen LogP contribution in [0.4, 0.5) is 5.69 Å². The standard InChI is InChI=1S/C16H15Cl2NO/c1-10-5-3-8-15(11(10)2)19-16(20)9-12-13(17)6-4-7-14(12)18/h3-8H,9H2,1-2H3,(H,19,20). The first-order chi connectivity index (χ1) is 9.49. The number of carbonyl (C=O) groups excluding carboxylic acids is 1. The molecule has 0 fully saturated rings. The third-order valence-corrected chi connectivity index (χ3v) is 3.99. The maximum absolute atomic E-state index is 12.1. The summed E-state index contributed by atoms with van der Waals surface area (Å²) in [6, 6.07) is 11.0. The number of nitrogens with one attached hydrogen (secondary N) is 1. The molecule has 0 spiro atoms. The summed E-state index contributed by atoms with van der Waals surface area (Å²) in [6.45, 7) is 3.99. The van der Waals surface area contributed by atoms with Crippen molar-refractivity contribution < 1.29 is 4.79 Å². The van der Waals surface area contributed by atoms with Crippen LogP contribution in [0.5, 0.6) is 0 Å². The van der Waals surface area contributed by atoms with E-state index in [1.54, 1.807) is 18.2 Å². The van der Waals surface area contributed by atoms with Crippen LogP contribution in [0.2, 0.25) is 10.0 Å². The molecule has 0 saturated carbocycles. The Hall–Kier alpha value is -1.51. The lowest BCUT2D eigenvalue weighted by molar-refractivity contribution is -0.115. The highest BCUT2D eigenvalue weighted by atomic mass is 35.5. The number of hydrogen-bond acceptors (Lipinski definition) is 1. The van der Waals surface area contributed by atoms with Crippen molar-refractivity contribution in [3.8, 4) is 0 Å². The number of hydrogen-bond donors (Lipinski definition) is 1. The van der Waals surface area contributed by atoms with Crippen molar-refractivity contribution in [1.82, 2.24) is 0 Å². The molecular weight excluding hydrogens is 293 g/mol. The van der Waals surface area contributed by atoms with Gasteiger partial charge in [-0.3, -0.25) is 4.79 Å². The van der Waals surface area contributed by atoms with E-state index in [0.717, 1.165) is 16.8 Å². The zero-order chi connectivity index (χ0) is 14.7. The zero-order valence-corrected chi connectivity index (χ0v) is 12.8. The maximum atomic E-state index is 12.1. The van der Waals surface area contributed by atoms with E-state index in [1.165, 1.54) is 0 Å². The van der Waals surface area contributed by atoms with Gasteiger partial charge in [0.1, 0.15) is 0 Å². The normalized spacial score (nSPS) is 10.4. The Morgan fingerprint density at radius 3 is 2.30 bits per heavy atom. The van der Waals surface area contributed by atoms with Crippen LogP contribution >= 0.6 is 23.2 Å². The fraction of sp³-hybridized carbons (Fsp3) is 0.188. The van der Waals surface area contributed by atoms with E-state index in [4.69, 9.17) is 23.2 Å². The second-order valence-electron chi connectivity index (χ2n) is 4.67. The summed E-state index contributed by atoms with van der Waals surface area (Å²) in [5.41, 5.74) is 3.67. The summed E-state index contributed by atoms with van der Waals surface area (Å²) < 4.78 is 0. The van der Waals surface area contributed by atoms with Crippen molar-refractivity contribution >= 4 is 34.8 Å². The largest absolute Gasteiger partial charge is 0.326 e. The maximum Gasteiger partial charge on any atom is 0.228 e. The third kappa shape index (κ3) is 3.33. The highest BCUT2D eigenvalue weighted by molar-refractivity contribution is 6.36. The van der Waals surface area contributed by atoms with Crippen LogP contribution in [-0.2, 0) is 11.2 Å². The molecule has 0 bridgehead atoms. The van der Waals surface area contributed by atoms with E-state index >= 15 is 0 Å². The van der Waals surface area contributed by atoms with Crippen molar-refractivity contribution in [2.75, 3.05) is 5.32 Å². The van der Waals surface area contributed by atoms with Gasteiger partial charge in [0.2, 0.25) is 5.91 Å². The Bertz CT molecular complexity index is 633. The predicted octanol–water partition coefficient (Wildman–Crippen LogP) is 4.79. The molecule has 2 aromatic carbocycles. The van der Waals surface area contributed by atoms with E-state index in [2.05, 4.69) is 5.32 Å². The minimum absolute atomic E-state index is 0.131. The van der Waals surface area contributed by atoms with Gasteiger partial charge in [-0.2, -0.15) is 0 Å². The third-order valence-electron chi connectivity index (χ3n) is 3.28. The summed E-state index contributed by atoms with van der Waals surface area (Å²) in [6.07, 6.45) is 0.159. The average molecular weight is 308 g/mol. The quantitative estimate of drug-likeness (QED) is 0.867. The second-order valence-corrected chi connectivity index (χ2v) is 5.49. The Balaban J connectivity index is 2.16. The van der Waals surface area contributed by atoms with Crippen molar-refractivity contribution in [3.63, 3.8) is 0 Å². The minimum Gasteiger partial charge on any atom is -0.326 e. The van der Waals surface area contributed by atoms with Gasteiger partial charge in [-0.25, -0.2) is 0 Å². The topological polar surface area (TPSA) is 29.1 Å². The molecule has 0 aliphatic heterocycles. The monoisotopic (exact) mass is 307 g/mol. The van der Waals surface area contributed by atoms with Crippen LogP contribution in [0, 0.1) is 13.8 Å². The molecular formula is C16H15Cl2NO. The second kappa shape index (κ2) is 6.29. The predicted molar refractivity (Wildman–Crippen MR) is 84.7 cm³/mol. The molecule has 20 heavy (non-hydrogen) atoms. The van der Waals surface area contributed by atoms with Gasteiger partial charge in [-0.1, -0.05) is 41.4 Å². The van der Waals surface area contributed by atoms with Gasteiger partial charge in [0.25, 0.3) is 0 Å². The Kier molecular flexibility index (Phi) is 4.69. The number of amides is 1. The van der Waals surface area contributed by atoms with Gasteiger partial charge >= 0.3 is 0 Å². The van der Waals surface area contributed by atoms with Crippen molar-refractivity contribution in [2.24, 2.45) is 0 Å². The van der Waals surface area contributed by atoms with Gasteiger partial charge in [-0.05, 0) is 48.7 Å². The van der Waals surface area contributed by atoms with Crippen LogP contribution < -0.4 is 5.32 Å². The molecule has 0 aliphatic rings. The van der Waals surface area contributed by atoms with Crippen LogP contribution in [-0.4, -0.2) is 5.91 Å². The van der Waals surface area contributed by atoms with Crippen LogP contribution in [0.15, 0.2) is 36.4 Å². The molecule has 0 aliphatic carbocycles. The minimum atomic E-state index is -0.131. The first-order valence-corrected chi connectivity index (χ1v) is 7.03. The number of carbonyl (C=O) groups is 1. The molecule has 4 heteroatoms. The SMILES string of the molecule is Cc1cccc(NC(=O)Cc2c(Cl)cccc2Cl)c1C. The summed E-state index contributed by atoms with van der Waals surface area (Å²) in [5, 5.41) is 3.91. The summed E-state index contributed by atoms with van der Waals surface area (Å²) >= 11 is 12.1. The number of rotatable bonds is 3. The molecule has 0 aromatic heterocycles. The molecule has 2 rings (SSSR count). The number of aryl methyl sites for hydroxylation is 1. The molecule has 0 radical (unpaired) electrons. The van der Waals surface area contributed by atoms with Gasteiger partial charge in [0, 0.05) is 15.7 Å². The smallest absolute Gasteiger partial charge is 0.228 e. The van der Waals surface area contributed by atoms with Gasteiger partial charge in [0.05, 0.1) is 6.42 Å². The number of benzene rings is 2. The first-order valence-electron chi connectivity index (χ1n) is 6.28. The molecule has 0 saturated heterocycles. The van der Waals surface area contributed by atoms with E-state index < -0.39 is 0 Å². The molecule has 2 aromatic rings. The Morgan fingerprint density at radius 2 is 1.65 bits per heavy atom. The molecule has 0 heterocycles. The van der Waals surface area contributed by atoms with E-state index in [-0.39, 0.29) is 12.3 Å². The van der Waals surface area contributed by atoms with Crippen LogP contribution in [0.25, 0.3) is 0 Å². The van der Waals surface area contributed by atoms with Crippen LogP contribution in [0.3, 0.4) is 0 Å². The van der Waals surface area contributed by atoms with E-state index in [1.807, 2.05) is 32.0 Å². The molecule has 104 valence electrons. The first kappa shape index (κ1) is 14.9. The molecule has 1 N–H and O–H groups in total. The van der Waals surface area contributed by atoms with Crippen molar-refractivity contribution in [1.29, 1.82) is 0 Å². The fourth-order valence-corrected chi connectivity index (χ4v) is 2.47. The van der Waals surface area contributed by atoms with Crippen molar-refractivity contribution in [3.05, 3.63) is 63.1 Å². The fourth-order valence-electron chi connectivity index (χ4n) is 1.94. The van der Waals surface area contributed by atoms with Crippen molar-refractivity contribution in [2.45, 2.75) is 20.3 Å². The van der Waals surface area contributed by atoms with Gasteiger partial charge < -0.3 is 5.32 Å². The summed E-state index contributed by atoms with van der Waals surface area (Å²) in [5.74, 6) is -0.131.